The van der Waals surface area contributed by atoms with E-state index in [2.05, 4.69) is 10.3 Å². The van der Waals surface area contributed by atoms with E-state index in [9.17, 15) is 10.1 Å². The SMILES string of the molecule is CNc1cc([N+](=O)[O-])cc(Sc2cccs2)n1. The molecule has 88 valence electrons. The van der Waals surface area contributed by atoms with E-state index in [0.29, 0.717) is 10.8 Å². The van der Waals surface area contributed by atoms with Crippen LogP contribution in [0.4, 0.5) is 11.5 Å². The van der Waals surface area contributed by atoms with Gasteiger partial charge in [-0.1, -0.05) is 17.8 Å². The predicted molar refractivity (Wildman–Crippen MR) is 68.9 cm³/mol. The fourth-order valence-corrected chi connectivity index (χ4v) is 2.94. The summed E-state index contributed by atoms with van der Waals surface area (Å²) in [5.74, 6) is 0.498. The summed E-state index contributed by atoms with van der Waals surface area (Å²) in [6, 6.07) is 6.78. The van der Waals surface area contributed by atoms with Crippen molar-refractivity contribution in [1.82, 2.24) is 4.98 Å². The van der Waals surface area contributed by atoms with Crippen molar-refractivity contribution < 1.29 is 4.92 Å². The van der Waals surface area contributed by atoms with Crippen LogP contribution < -0.4 is 5.32 Å². The van der Waals surface area contributed by atoms with E-state index >= 15 is 0 Å². The summed E-state index contributed by atoms with van der Waals surface area (Å²) in [5.41, 5.74) is 0.0448. The first-order chi connectivity index (χ1) is 8.19. The zero-order valence-corrected chi connectivity index (χ0v) is 10.5. The summed E-state index contributed by atoms with van der Waals surface area (Å²) in [4.78, 5) is 14.6. The van der Waals surface area contributed by atoms with Gasteiger partial charge in [0.2, 0.25) is 0 Å². The first-order valence-electron chi connectivity index (χ1n) is 4.74. The van der Waals surface area contributed by atoms with Gasteiger partial charge in [0.05, 0.1) is 15.2 Å². The molecule has 0 fully saturated rings. The normalized spacial score (nSPS) is 10.2. The summed E-state index contributed by atoms with van der Waals surface area (Å²) in [7, 11) is 1.69. The Morgan fingerprint density at radius 2 is 2.35 bits per heavy atom. The van der Waals surface area contributed by atoms with E-state index in [1.54, 1.807) is 18.4 Å². The number of hydrogen-bond acceptors (Lipinski definition) is 6. The Morgan fingerprint density at radius 3 is 2.94 bits per heavy atom. The van der Waals surface area contributed by atoms with E-state index in [4.69, 9.17) is 0 Å². The number of thiophene rings is 1. The van der Waals surface area contributed by atoms with Crippen LogP contribution in [0.2, 0.25) is 0 Å². The molecule has 5 nitrogen and oxygen atoms in total. The van der Waals surface area contributed by atoms with E-state index in [1.807, 2.05) is 17.5 Å². The molecule has 0 aliphatic heterocycles. The third-order valence-corrected chi connectivity index (χ3v) is 3.91. The minimum Gasteiger partial charge on any atom is -0.373 e. The number of nitro groups is 1. The number of hydrogen-bond donors (Lipinski definition) is 1. The van der Waals surface area contributed by atoms with Crippen molar-refractivity contribution in [2.45, 2.75) is 9.24 Å². The summed E-state index contributed by atoms with van der Waals surface area (Å²) in [6.45, 7) is 0. The summed E-state index contributed by atoms with van der Waals surface area (Å²) in [6.07, 6.45) is 0. The minimum absolute atomic E-state index is 0.0448. The topological polar surface area (TPSA) is 68.1 Å². The maximum absolute atomic E-state index is 10.8. The molecule has 0 atom stereocenters. The van der Waals surface area contributed by atoms with Crippen molar-refractivity contribution >= 4 is 34.6 Å². The van der Waals surface area contributed by atoms with Crippen LogP contribution in [-0.4, -0.2) is 17.0 Å². The highest BCUT2D eigenvalue weighted by Gasteiger charge is 2.11. The molecule has 0 saturated carbocycles. The van der Waals surface area contributed by atoms with Gasteiger partial charge in [0.15, 0.2) is 0 Å². The Morgan fingerprint density at radius 1 is 1.53 bits per heavy atom. The smallest absolute Gasteiger partial charge is 0.275 e. The molecule has 7 heteroatoms. The molecule has 0 radical (unpaired) electrons. The van der Waals surface area contributed by atoms with Crippen LogP contribution in [-0.2, 0) is 0 Å². The molecule has 0 aromatic carbocycles. The fraction of sp³-hybridized carbons (Fsp3) is 0.100. The highest BCUT2D eigenvalue weighted by atomic mass is 32.2. The monoisotopic (exact) mass is 267 g/mol. The lowest BCUT2D eigenvalue weighted by atomic mass is 10.4. The summed E-state index contributed by atoms with van der Waals surface area (Å²) < 4.78 is 1.06. The molecule has 2 aromatic rings. The number of pyridine rings is 1. The van der Waals surface area contributed by atoms with Crippen LogP contribution in [0.3, 0.4) is 0 Å². The molecule has 0 saturated heterocycles. The van der Waals surface area contributed by atoms with Crippen molar-refractivity contribution in [3.05, 3.63) is 39.8 Å². The minimum atomic E-state index is -0.416. The van der Waals surface area contributed by atoms with Gasteiger partial charge in [0, 0.05) is 13.1 Å². The average Bonchev–Trinajstić information content (AvgIpc) is 2.81. The molecular weight excluding hydrogens is 258 g/mol. The molecule has 2 heterocycles. The van der Waals surface area contributed by atoms with Crippen LogP contribution in [0.25, 0.3) is 0 Å². The van der Waals surface area contributed by atoms with E-state index in [-0.39, 0.29) is 5.69 Å². The zero-order valence-electron chi connectivity index (χ0n) is 8.91. The molecular formula is C10H9N3O2S2. The Bertz CT molecular complexity index is 528. The summed E-state index contributed by atoms with van der Waals surface area (Å²) >= 11 is 3.00. The Kier molecular flexibility index (Phi) is 3.60. The average molecular weight is 267 g/mol. The Labute approximate surface area is 106 Å². The molecule has 0 unspecified atom stereocenters. The van der Waals surface area contributed by atoms with Crippen LogP contribution in [0.1, 0.15) is 0 Å². The second-order valence-corrected chi connectivity index (χ2v) is 5.36. The van der Waals surface area contributed by atoms with Crippen LogP contribution in [0.15, 0.2) is 38.9 Å². The second kappa shape index (κ2) is 5.15. The van der Waals surface area contributed by atoms with Gasteiger partial charge in [-0.05, 0) is 11.4 Å². The Hall–Kier alpha value is -1.60. The highest BCUT2D eigenvalue weighted by molar-refractivity contribution is 8.01. The van der Waals surface area contributed by atoms with E-state index in [1.165, 1.54) is 23.9 Å². The molecule has 0 spiro atoms. The van der Waals surface area contributed by atoms with Crippen LogP contribution in [0.5, 0.6) is 0 Å². The standard InChI is InChI=1S/C10H9N3O2S2/c1-11-8-5-7(13(14)15)6-9(12-8)17-10-3-2-4-16-10/h2-6H,1H3,(H,11,12). The number of nitrogens with one attached hydrogen (secondary N) is 1. The molecule has 17 heavy (non-hydrogen) atoms. The van der Waals surface area contributed by atoms with Crippen molar-refractivity contribution in [1.29, 1.82) is 0 Å². The largest absolute Gasteiger partial charge is 0.373 e. The quantitative estimate of drug-likeness (QED) is 0.680. The maximum atomic E-state index is 10.8. The lowest BCUT2D eigenvalue weighted by molar-refractivity contribution is -0.385. The van der Waals surface area contributed by atoms with Gasteiger partial charge in [-0.25, -0.2) is 4.98 Å². The van der Waals surface area contributed by atoms with Gasteiger partial charge in [-0.15, -0.1) is 11.3 Å². The first kappa shape index (κ1) is 11.9. The second-order valence-electron chi connectivity index (χ2n) is 3.09. The van der Waals surface area contributed by atoms with Gasteiger partial charge < -0.3 is 5.32 Å². The molecule has 0 amide bonds. The molecule has 1 N–H and O–H groups in total. The number of aromatic nitrogens is 1. The lowest BCUT2D eigenvalue weighted by Gasteiger charge is -2.02. The van der Waals surface area contributed by atoms with Gasteiger partial charge in [-0.3, -0.25) is 10.1 Å². The van der Waals surface area contributed by atoms with Crippen molar-refractivity contribution in [3.63, 3.8) is 0 Å². The van der Waals surface area contributed by atoms with Gasteiger partial charge in [0.25, 0.3) is 5.69 Å². The van der Waals surface area contributed by atoms with Crippen LogP contribution in [0, 0.1) is 10.1 Å². The highest BCUT2D eigenvalue weighted by Crippen LogP contribution is 2.32. The van der Waals surface area contributed by atoms with E-state index in [0.717, 1.165) is 4.21 Å². The Balaban J connectivity index is 2.33. The number of anilines is 1. The van der Waals surface area contributed by atoms with Gasteiger partial charge in [-0.2, -0.15) is 0 Å². The molecule has 2 aromatic heterocycles. The van der Waals surface area contributed by atoms with Crippen LogP contribution >= 0.6 is 23.1 Å². The maximum Gasteiger partial charge on any atom is 0.275 e. The van der Waals surface area contributed by atoms with Gasteiger partial charge in [0.1, 0.15) is 10.8 Å². The molecule has 2 rings (SSSR count). The van der Waals surface area contributed by atoms with Crippen molar-refractivity contribution in [2.75, 3.05) is 12.4 Å². The number of nitrogens with zero attached hydrogens (tertiary/aromatic N) is 2. The summed E-state index contributed by atoms with van der Waals surface area (Å²) in [5, 5.41) is 16.2. The molecule has 0 bridgehead atoms. The molecule has 0 aliphatic carbocycles. The fourth-order valence-electron chi connectivity index (χ4n) is 1.20. The van der Waals surface area contributed by atoms with E-state index < -0.39 is 4.92 Å². The van der Waals surface area contributed by atoms with Crippen molar-refractivity contribution in [2.24, 2.45) is 0 Å². The molecule has 0 aliphatic rings. The third kappa shape index (κ3) is 2.95. The van der Waals surface area contributed by atoms with Crippen molar-refractivity contribution in [3.8, 4) is 0 Å². The third-order valence-electron chi connectivity index (χ3n) is 1.95. The first-order valence-corrected chi connectivity index (χ1v) is 6.44. The number of rotatable bonds is 4. The lowest BCUT2D eigenvalue weighted by Crippen LogP contribution is -1.96. The predicted octanol–water partition coefficient (Wildman–Crippen LogP) is 3.24. The van der Waals surface area contributed by atoms with Gasteiger partial charge >= 0.3 is 0 Å². The zero-order chi connectivity index (χ0) is 12.3.